The Labute approximate surface area is 166 Å². The Balaban J connectivity index is 1.85. The summed E-state index contributed by atoms with van der Waals surface area (Å²) in [6, 6.07) is 23.5. The van der Waals surface area contributed by atoms with Gasteiger partial charge in [-0.3, -0.25) is 9.59 Å². The molecule has 2 N–H and O–H groups in total. The van der Waals surface area contributed by atoms with Gasteiger partial charge in [0.2, 0.25) is 0 Å². The second-order valence-corrected chi connectivity index (χ2v) is 7.04. The molecule has 0 aliphatic heterocycles. The van der Waals surface area contributed by atoms with Crippen LogP contribution in [0.5, 0.6) is 0 Å². The third-order valence-electron chi connectivity index (χ3n) is 4.09. The van der Waals surface area contributed by atoms with Crippen LogP contribution in [0.2, 0.25) is 0 Å². The molecule has 0 aliphatic carbocycles. The van der Waals surface area contributed by atoms with Crippen LogP contribution in [0.1, 0.15) is 28.9 Å². The van der Waals surface area contributed by atoms with E-state index in [1.54, 1.807) is 24.3 Å². The molecule has 0 heterocycles. The second kappa shape index (κ2) is 8.64. The van der Waals surface area contributed by atoms with Crippen molar-refractivity contribution < 1.29 is 9.59 Å². The number of anilines is 2. The van der Waals surface area contributed by atoms with E-state index >= 15 is 0 Å². The highest BCUT2D eigenvalue weighted by molar-refractivity contribution is 9.10. The summed E-state index contributed by atoms with van der Waals surface area (Å²) in [7, 11) is 0. The Morgan fingerprint density at radius 3 is 2.22 bits per heavy atom. The van der Waals surface area contributed by atoms with E-state index < -0.39 is 6.04 Å². The largest absolute Gasteiger partial charge is 0.370 e. The number of benzene rings is 3. The third kappa shape index (κ3) is 5.05. The molecule has 4 nitrogen and oxygen atoms in total. The average Bonchev–Trinajstić information content (AvgIpc) is 2.68. The molecule has 1 unspecified atom stereocenters. The Hall–Kier alpha value is -2.92. The molecule has 5 heteroatoms. The summed E-state index contributed by atoms with van der Waals surface area (Å²) in [5.74, 6) is -0.247. The summed E-state index contributed by atoms with van der Waals surface area (Å²) in [6.07, 6.45) is 0. The number of ketones is 1. The highest BCUT2D eigenvalue weighted by atomic mass is 79.9. The summed E-state index contributed by atoms with van der Waals surface area (Å²) >= 11 is 3.41. The summed E-state index contributed by atoms with van der Waals surface area (Å²) in [6.45, 7) is 1.50. The smallest absolute Gasteiger partial charge is 0.251 e. The predicted molar refractivity (Wildman–Crippen MR) is 112 cm³/mol. The van der Waals surface area contributed by atoms with Crippen molar-refractivity contribution >= 4 is 39.0 Å². The maximum Gasteiger partial charge on any atom is 0.251 e. The summed E-state index contributed by atoms with van der Waals surface area (Å²) < 4.78 is 0.967. The first kappa shape index (κ1) is 18.9. The molecule has 0 aliphatic rings. The van der Waals surface area contributed by atoms with Gasteiger partial charge in [-0.2, -0.15) is 0 Å². The zero-order valence-electron chi connectivity index (χ0n) is 14.8. The van der Waals surface area contributed by atoms with Gasteiger partial charge < -0.3 is 10.6 Å². The van der Waals surface area contributed by atoms with Crippen LogP contribution < -0.4 is 10.6 Å². The predicted octanol–water partition coefficient (Wildman–Crippen LogP) is 5.44. The molecule has 0 fully saturated rings. The number of nitrogens with one attached hydrogen (secondary N) is 2. The molecule has 0 bridgehead atoms. The average molecular weight is 423 g/mol. The van der Waals surface area contributed by atoms with Crippen LogP contribution in [0.25, 0.3) is 0 Å². The Bertz CT molecular complexity index is 940. The lowest BCUT2D eigenvalue weighted by Gasteiger charge is -2.20. The van der Waals surface area contributed by atoms with Gasteiger partial charge in [-0.1, -0.05) is 58.4 Å². The molecule has 1 atom stereocenters. The highest BCUT2D eigenvalue weighted by Gasteiger charge is 2.21. The SMILES string of the molecule is CC(=O)c1cccc(NC(=O)C(Nc2ccc(Br)cc2)c2ccccc2)c1. The van der Waals surface area contributed by atoms with Crippen LogP contribution in [0.4, 0.5) is 11.4 Å². The van der Waals surface area contributed by atoms with E-state index in [2.05, 4.69) is 26.6 Å². The Morgan fingerprint density at radius 1 is 0.852 bits per heavy atom. The molecule has 27 heavy (non-hydrogen) atoms. The minimum atomic E-state index is -0.576. The van der Waals surface area contributed by atoms with E-state index in [4.69, 9.17) is 0 Å². The van der Waals surface area contributed by atoms with Gasteiger partial charge in [0.1, 0.15) is 6.04 Å². The molecule has 136 valence electrons. The summed E-state index contributed by atoms with van der Waals surface area (Å²) in [4.78, 5) is 24.6. The number of amides is 1. The molecule has 0 radical (unpaired) electrons. The van der Waals surface area contributed by atoms with Crippen LogP contribution in [0, 0.1) is 0 Å². The molecule has 0 aromatic heterocycles. The molecule has 0 saturated carbocycles. The molecule has 0 saturated heterocycles. The van der Waals surface area contributed by atoms with Crippen LogP contribution >= 0.6 is 15.9 Å². The lowest BCUT2D eigenvalue weighted by atomic mass is 10.1. The van der Waals surface area contributed by atoms with E-state index in [-0.39, 0.29) is 11.7 Å². The highest BCUT2D eigenvalue weighted by Crippen LogP contribution is 2.23. The zero-order chi connectivity index (χ0) is 19.2. The number of hydrogen-bond acceptors (Lipinski definition) is 3. The van der Waals surface area contributed by atoms with E-state index in [0.717, 1.165) is 15.7 Å². The van der Waals surface area contributed by atoms with Crippen LogP contribution in [0.15, 0.2) is 83.3 Å². The molecule has 1 amide bonds. The van der Waals surface area contributed by atoms with Gasteiger partial charge in [-0.25, -0.2) is 0 Å². The monoisotopic (exact) mass is 422 g/mol. The quantitative estimate of drug-likeness (QED) is 0.519. The van der Waals surface area contributed by atoms with Crippen molar-refractivity contribution in [3.8, 4) is 0 Å². The number of hydrogen-bond donors (Lipinski definition) is 2. The van der Waals surface area contributed by atoms with Crippen molar-refractivity contribution in [2.24, 2.45) is 0 Å². The lowest BCUT2D eigenvalue weighted by molar-refractivity contribution is -0.117. The normalized spacial score (nSPS) is 11.5. The van der Waals surface area contributed by atoms with Gasteiger partial charge in [0, 0.05) is 21.4 Å². The van der Waals surface area contributed by atoms with Gasteiger partial charge in [-0.05, 0) is 48.9 Å². The van der Waals surface area contributed by atoms with Gasteiger partial charge in [0.25, 0.3) is 5.91 Å². The molecule has 0 spiro atoms. The number of Topliss-reactive ketones (excluding diaryl/α,β-unsaturated/α-hetero) is 1. The molecule has 3 aromatic rings. The molecular formula is C22H19BrN2O2. The van der Waals surface area contributed by atoms with E-state index in [1.807, 2.05) is 54.6 Å². The van der Waals surface area contributed by atoms with Crippen molar-refractivity contribution in [3.63, 3.8) is 0 Å². The van der Waals surface area contributed by atoms with Gasteiger partial charge in [0.15, 0.2) is 5.78 Å². The van der Waals surface area contributed by atoms with E-state index in [9.17, 15) is 9.59 Å². The fourth-order valence-corrected chi connectivity index (χ4v) is 2.95. The third-order valence-corrected chi connectivity index (χ3v) is 4.62. The van der Waals surface area contributed by atoms with E-state index in [0.29, 0.717) is 11.3 Å². The minimum Gasteiger partial charge on any atom is -0.370 e. The zero-order valence-corrected chi connectivity index (χ0v) is 16.4. The number of rotatable bonds is 6. The fraction of sp³-hybridized carbons (Fsp3) is 0.0909. The lowest BCUT2D eigenvalue weighted by Crippen LogP contribution is -2.27. The fourth-order valence-electron chi connectivity index (χ4n) is 2.69. The maximum absolute atomic E-state index is 13.0. The number of carbonyl (C=O) groups excluding carboxylic acids is 2. The van der Waals surface area contributed by atoms with Crippen molar-refractivity contribution in [1.82, 2.24) is 0 Å². The first-order valence-corrected chi connectivity index (χ1v) is 9.31. The van der Waals surface area contributed by atoms with E-state index in [1.165, 1.54) is 6.92 Å². The van der Waals surface area contributed by atoms with Gasteiger partial charge >= 0.3 is 0 Å². The van der Waals surface area contributed by atoms with Crippen molar-refractivity contribution in [2.75, 3.05) is 10.6 Å². The molecule has 3 rings (SSSR count). The second-order valence-electron chi connectivity index (χ2n) is 6.12. The van der Waals surface area contributed by atoms with Crippen molar-refractivity contribution in [1.29, 1.82) is 0 Å². The topological polar surface area (TPSA) is 58.2 Å². The van der Waals surface area contributed by atoms with Crippen molar-refractivity contribution in [3.05, 3.63) is 94.5 Å². The van der Waals surface area contributed by atoms with Gasteiger partial charge in [-0.15, -0.1) is 0 Å². The molecule has 3 aromatic carbocycles. The van der Waals surface area contributed by atoms with Crippen LogP contribution in [-0.4, -0.2) is 11.7 Å². The standard InChI is InChI=1S/C22H19BrN2O2/c1-15(26)17-8-5-9-20(14-17)25-22(27)21(16-6-3-2-4-7-16)24-19-12-10-18(23)11-13-19/h2-14,21,24H,1H3,(H,25,27). The maximum atomic E-state index is 13.0. The Kier molecular flexibility index (Phi) is 6.04. The first-order chi connectivity index (χ1) is 13.0. The Morgan fingerprint density at radius 2 is 1.56 bits per heavy atom. The number of halogens is 1. The molecular weight excluding hydrogens is 404 g/mol. The first-order valence-electron chi connectivity index (χ1n) is 8.52. The van der Waals surface area contributed by atoms with Crippen molar-refractivity contribution in [2.45, 2.75) is 13.0 Å². The van der Waals surface area contributed by atoms with Crippen LogP contribution in [0.3, 0.4) is 0 Å². The summed E-state index contributed by atoms with van der Waals surface area (Å²) in [5, 5.41) is 6.18. The number of carbonyl (C=O) groups is 2. The summed E-state index contributed by atoms with van der Waals surface area (Å²) in [5.41, 5.74) is 2.83. The van der Waals surface area contributed by atoms with Gasteiger partial charge in [0.05, 0.1) is 0 Å². The minimum absolute atomic E-state index is 0.0429. The van der Waals surface area contributed by atoms with Crippen LogP contribution in [-0.2, 0) is 4.79 Å².